The number of nitrogens with zero attached hydrogens (tertiary/aromatic N) is 2. The van der Waals surface area contributed by atoms with E-state index in [9.17, 15) is 8.42 Å². The van der Waals surface area contributed by atoms with Gasteiger partial charge in [0.25, 0.3) is 0 Å². The molecule has 0 atom stereocenters. The number of benzene rings is 1. The SMILES string of the molecule is CNS(=O)(=O)c1cc(N)ccc1Oc1c(C)nn(C)c1C. The molecule has 8 heteroatoms. The molecule has 1 aromatic heterocycles. The van der Waals surface area contributed by atoms with Crippen LogP contribution in [0.1, 0.15) is 11.4 Å². The Balaban J connectivity index is 2.55. The van der Waals surface area contributed by atoms with E-state index >= 15 is 0 Å². The summed E-state index contributed by atoms with van der Waals surface area (Å²) in [6, 6.07) is 4.48. The number of nitrogens with two attached hydrogens (primary N) is 1. The van der Waals surface area contributed by atoms with Gasteiger partial charge in [-0.25, -0.2) is 13.1 Å². The maximum absolute atomic E-state index is 12.1. The van der Waals surface area contributed by atoms with Crippen LogP contribution in [0.15, 0.2) is 23.1 Å². The molecular weight excluding hydrogens is 292 g/mol. The maximum atomic E-state index is 12.1. The van der Waals surface area contributed by atoms with Gasteiger partial charge < -0.3 is 10.5 Å². The van der Waals surface area contributed by atoms with Gasteiger partial charge in [0.2, 0.25) is 10.0 Å². The zero-order valence-corrected chi connectivity index (χ0v) is 13.2. The van der Waals surface area contributed by atoms with Crippen LogP contribution in [0.4, 0.5) is 5.69 Å². The van der Waals surface area contributed by atoms with Crippen LogP contribution in [0.25, 0.3) is 0 Å². The van der Waals surface area contributed by atoms with Crippen molar-refractivity contribution in [2.24, 2.45) is 7.05 Å². The van der Waals surface area contributed by atoms with Crippen LogP contribution >= 0.6 is 0 Å². The number of hydrogen-bond donors (Lipinski definition) is 2. The first kappa shape index (κ1) is 15.3. The molecular formula is C13H18N4O3S. The van der Waals surface area contributed by atoms with Gasteiger partial charge in [-0.15, -0.1) is 0 Å². The fourth-order valence-corrected chi connectivity index (χ4v) is 2.83. The van der Waals surface area contributed by atoms with Crippen molar-refractivity contribution < 1.29 is 13.2 Å². The lowest BCUT2D eigenvalue weighted by Crippen LogP contribution is -2.19. The summed E-state index contributed by atoms with van der Waals surface area (Å²) in [4.78, 5) is -0.00680. The van der Waals surface area contributed by atoms with Gasteiger partial charge in [-0.2, -0.15) is 5.10 Å². The van der Waals surface area contributed by atoms with Crippen molar-refractivity contribution in [3.63, 3.8) is 0 Å². The summed E-state index contributed by atoms with van der Waals surface area (Å²) in [6.07, 6.45) is 0. The highest BCUT2D eigenvalue weighted by Crippen LogP contribution is 2.33. The summed E-state index contributed by atoms with van der Waals surface area (Å²) in [6.45, 7) is 3.64. The van der Waals surface area contributed by atoms with E-state index in [1.807, 2.05) is 6.92 Å². The molecule has 0 aliphatic heterocycles. The van der Waals surface area contributed by atoms with Crippen molar-refractivity contribution >= 4 is 15.7 Å². The molecule has 2 aromatic rings. The molecule has 0 fully saturated rings. The van der Waals surface area contributed by atoms with Crippen molar-refractivity contribution in [2.45, 2.75) is 18.7 Å². The van der Waals surface area contributed by atoms with Gasteiger partial charge in [-0.05, 0) is 39.1 Å². The van der Waals surface area contributed by atoms with Crippen molar-refractivity contribution in [1.82, 2.24) is 14.5 Å². The number of sulfonamides is 1. The number of nitrogens with one attached hydrogen (secondary N) is 1. The lowest BCUT2D eigenvalue weighted by molar-refractivity contribution is 0.459. The fraction of sp³-hybridized carbons (Fsp3) is 0.308. The Kier molecular flexibility index (Phi) is 3.93. The first-order chi connectivity index (χ1) is 9.76. The molecule has 0 aliphatic carbocycles. The van der Waals surface area contributed by atoms with Crippen LogP contribution in [-0.2, 0) is 17.1 Å². The normalized spacial score (nSPS) is 11.6. The van der Waals surface area contributed by atoms with E-state index in [4.69, 9.17) is 10.5 Å². The van der Waals surface area contributed by atoms with Gasteiger partial charge in [0.15, 0.2) is 5.75 Å². The number of nitrogen functional groups attached to an aromatic ring is 1. The Morgan fingerprint density at radius 2 is 2.00 bits per heavy atom. The highest BCUT2D eigenvalue weighted by molar-refractivity contribution is 7.89. The van der Waals surface area contributed by atoms with Crippen molar-refractivity contribution in [2.75, 3.05) is 12.8 Å². The Morgan fingerprint density at radius 1 is 1.33 bits per heavy atom. The van der Waals surface area contributed by atoms with E-state index in [2.05, 4.69) is 9.82 Å². The second kappa shape index (κ2) is 5.38. The molecule has 2 rings (SSSR count). The summed E-state index contributed by atoms with van der Waals surface area (Å²) in [7, 11) is -0.541. The van der Waals surface area contributed by atoms with E-state index in [1.165, 1.54) is 19.2 Å². The number of aromatic nitrogens is 2. The molecule has 1 heterocycles. The van der Waals surface area contributed by atoms with E-state index in [0.29, 0.717) is 17.1 Å². The average molecular weight is 310 g/mol. The third-order valence-corrected chi connectivity index (χ3v) is 4.62. The van der Waals surface area contributed by atoms with E-state index in [-0.39, 0.29) is 10.6 Å². The fourth-order valence-electron chi connectivity index (χ4n) is 1.94. The molecule has 0 bridgehead atoms. The predicted molar refractivity (Wildman–Crippen MR) is 79.9 cm³/mol. The summed E-state index contributed by atoms with van der Waals surface area (Å²) in [5.74, 6) is 0.743. The molecule has 7 nitrogen and oxygen atoms in total. The van der Waals surface area contributed by atoms with Gasteiger partial charge >= 0.3 is 0 Å². The molecule has 3 N–H and O–H groups in total. The second-order valence-corrected chi connectivity index (χ2v) is 6.49. The largest absolute Gasteiger partial charge is 0.452 e. The Hall–Kier alpha value is -2.06. The minimum Gasteiger partial charge on any atom is -0.452 e. The van der Waals surface area contributed by atoms with Crippen LogP contribution in [0.5, 0.6) is 11.5 Å². The lowest BCUT2D eigenvalue weighted by Gasteiger charge is -2.12. The number of ether oxygens (including phenoxy) is 1. The molecule has 0 radical (unpaired) electrons. The van der Waals surface area contributed by atoms with Crippen LogP contribution in [0.3, 0.4) is 0 Å². The van der Waals surface area contributed by atoms with E-state index < -0.39 is 10.0 Å². The molecule has 1 aromatic carbocycles. The van der Waals surface area contributed by atoms with Gasteiger partial charge in [0.05, 0.1) is 5.69 Å². The van der Waals surface area contributed by atoms with Crippen LogP contribution in [0.2, 0.25) is 0 Å². The quantitative estimate of drug-likeness (QED) is 0.830. The number of hydrogen-bond acceptors (Lipinski definition) is 5. The lowest BCUT2D eigenvalue weighted by atomic mass is 10.3. The van der Waals surface area contributed by atoms with Crippen LogP contribution < -0.4 is 15.2 Å². The standard InChI is InChI=1S/C13H18N4O3S/c1-8-13(9(2)17(4)16-8)20-11-6-5-10(14)7-12(11)21(18,19)15-3/h5-7,15H,14H2,1-4H3. The third kappa shape index (κ3) is 2.86. The molecule has 21 heavy (non-hydrogen) atoms. The Bertz CT molecular complexity index is 781. The maximum Gasteiger partial charge on any atom is 0.244 e. The Morgan fingerprint density at radius 3 is 2.52 bits per heavy atom. The average Bonchev–Trinajstić information content (AvgIpc) is 2.67. The topological polar surface area (TPSA) is 99.2 Å². The van der Waals surface area contributed by atoms with Gasteiger partial charge in [0, 0.05) is 12.7 Å². The summed E-state index contributed by atoms with van der Waals surface area (Å²) < 4.78 is 33.9. The molecule has 0 saturated heterocycles. The van der Waals surface area contributed by atoms with Crippen LogP contribution in [-0.4, -0.2) is 25.2 Å². The monoisotopic (exact) mass is 310 g/mol. The minimum atomic E-state index is -3.67. The Labute approximate surface area is 123 Å². The molecule has 0 unspecified atom stereocenters. The highest BCUT2D eigenvalue weighted by Gasteiger charge is 2.21. The smallest absolute Gasteiger partial charge is 0.244 e. The molecule has 0 saturated carbocycles. The van der Waals surface area contributed by atoms with Crippen LogP contribution in [0, 0.1) is 13.8 Å². The van der Waals surface area contributed by atoms with E-state index in [0.717, 1.165) is 5.69 Å². The summed E-state index contributed by atoms with van der Waals surface area (Å²) in [5, 5.41) is 4.24. The number of aryl methyl sites for hydroxylation is 2. The van der Waals surface area contributed by atoms with E-state index in [1.54, 1.807) is 24.7 Å². The third-order valence-electron chi connectivity index (χ3n) is 3.18. The van der Waals surface area contributed by atoms with Crippen molar-refractivity contribution in [3.8, 4) is 11.5 Å². The van der Waals surface area contributed by atoms with Crippen molar-refractivity contribution in [3.05, 3.63) is 29.6 Å². The predicted octanol–water partition coefficient (Wildman–Crippen LogP) is 1.32. The summed E-state index contributed by atoms with van der Waals surface area (Å²) in [5.41, 5.74) is 7.50. The zero-order chi connectivity index (χ0) is 15.8. The second-order valence-electron chi connectivity index (χ2n) is 4.64. The number of anilines is 1. The van der Waals surface area contributed by atoms with Crippen molar-refractivity contribution in [1.29, 1.82) is 0 Å². The van der Waals surface area contributed by atoms with Gasteiger partial charge in [0.1, 0.15) is 16.3 Å². The first-order valence-corrected chi connectivity index (χ1v) is 7.75. The summed E-state index contributed by atoms with van der Waals surface area (Å²) >= 11 is 0. The molecule has 114 valence electrons. The molecule has 0 aliphatic rings. The molecule has 0 spiro atoms. The highest BCUT2D eigenvalue weighted by atomic mass is 32.2. The zero-order valence-electron chi connectivity index (χ0n) is 12.3. The first-order valence-electron chi connectivity index (χ1n) is 6.27. The minimum absolute atomic E-state index is 0.00680. The van der Waals surface area contributed by atoms with Gasteiger partial charge in [-0.1, -0.05) is 0 Å². The van der Waals surface area contributed by atoms with Gasteiger partial charge in [-0.3, -0.25) is 4.68 Å². The number of rotatable bonds is 4. The molecule has 0 amide bonds.